The standard InChI is InChI=1S/C27H27ClN6O3/c1-19(27(37)31(2)23-7-5-6-22(28)14-23)34(18-35)24-17-33(30-26(24)29)16-21-11-9-20(10-12-21)15-32-13-4-3-8-25(32)36/h3-14,17-19H,15-16H2,1-2H3,(H2,29,30)/t19-/m1/s1. The van der Waals surface area contributed by atoms with E-state index in [1.807, 2.05) is 30.3 Å². The summed E-state index contributed by atoms with van der Waals surface area (Å²) in [4.78, 5) is 39.8. The maximum absolute atomic E-state index is 13.1. The van der Waals surface area contributed by atoms with Crippen molar-refractivity contribution in [2.75, 3.05) is 22.6 Å². The van der Waals surface area contributed by atoms with Gasteiger partial charge in [0.1, 0.15) is 11.7 Å². The highest BCUT2D eigenvalue weighted by molar-refractivity contribution is 6.31. The molecule has 190 valence electrons. The zero-order chi connectivity index (χ0) is 26.5. The third kappa shape index (κ3) is 5.90. The predicted molar refractivity (Wildman–Crippen MR) is 145 cm³/mol. The molecule has 10 heteroatoms. The summed E-state index contributed by atoms with van der Waals surface area (Å²) in [6, 6.07) is 18.9. The van der Waals surface area contributed by atoms with Crippen LogP contribution in [-0.2, 0) is 22.7 Å². The minimum absolute atomic E-state index is 0.0580. The lowest BCUT2D eigenvalue weighted by Gasteiger charge is -2.28. The van der Waals surface area contributed by atoms with Crippen LogP contribution in [0.5, 0.6) is 0 Å². The van der Waals surface area contributed by atoms with Crippen molar-refractivity contribution in [1.29, 1.82) is 0 Å². The Morgan fingerprint density at radius 2 is 1.78 bits per heavy atom. The Labute approximate surface area is 219 Å². The Morgan fingerprint density at radius 1 is 1.08 bits per heavy atom. The van der Waals surface area contributed by atoms with Gasteiger partial charge >= 0.3 is 0 Å². The summed E-state index contributed by atoms with van der Waals surface area (Å²) in [5.74, 6) is -0.174. The zero-order valence-corrected chi connectivity index (χ0v) is 21.2. The van der Waals surface area contributed by atoms with Gasteiger partial charge in [0.05, 0.1) is 19.3 Å². The number of hydrogen-bond acceptors (Lipinski definition) is 5. The Bertz CT molecular complexity index is 1460. The second-order valence-corrected chi connectivity index (χ2v) is 9.08. The van der Waals surface area contributed by atoms with E-state index in [2.05, 4.69) is 5.10 Å². The SMILES string of the molecule is C[C@H](C(=O)N(C)c1cccc(Cl)c1)N(C=O)c1cn(Cc2ccc(Cn3ccccc3=O)cc2)nc1N. The minimum Gasteiger partial charge on any atom is -0.380 e. The molecule has 1 atom stereocenters. The van der Waals surface area contributed by atoms with E-state index in [1.54, 1.807) is 65.9 Å². The molecule has 2 N–H and O–H groups in total. The topological polar surface area (TPSA) is 106 Å². The van der Waals surface area contributed by atoms with E-state index in [4.69, 9.17) is 17.3 Å². The van der Waals surface area contributed by atoms with Gasteiger partial charge in [-0.3, -0.25) is 24.0 Å². The smallest absolute Gasteiger partial charge is 0.250 e. The summed E-state index contributed by atoms with van der Waals surface area (Å²) in [5, 5.41) is 4.84. The number of carbonyl (C=O) groups is 2. The molecule has 2 heterocycles. The molecule has 2 amide bonds. The molecule has 0 spiro atoms. The van der Waals surface area contributed by atoms with Crippen molar-refractivity contribution >= 4 is 41.1 Å². The first-order valence-electron chi connectivity index (χ1n) is 11.6. The van der Waals surface area contributed by atoms with Crippen LogP contribution in [0.4, 0.5) is 17.2 Å². The predicted octanol–water partition coefficient (Wildman–Crippen LogP) is 3.39. The van der Waals surface area contributed by atoms with Crippen molar-refractivity contribution in [3.63, 3.8) is 0 Å². The van der Waals surface area contributed by atoms with Crippen LogP contribution in [0, 0.1) is 0 Å². The van der Waals surface area contributed by atoms with Crippen molar-refractivity contribution in [2.45, 2.75) is 26.1 Å². The highest BCUT2D eigenvalue weighted by Crippen LogP contribution is 2.25. The molecule has 4 aromatic rings. The van der Waals surface area contributed by atoms with Gasteiger partial charge in [-0.2, -0.15) is 5.10 Å². The molecular formula is C27H27ClN6O3. The number of pyridine rings is 1. The van der Waals surface area contributed by atoms with Crippen LogP contribution < -0.4 is 21.1 Å². The van der Waals surface area contributed by atoms with Crippen LogP contribution in [0.1, 0.15) is 18.1 Å². The first-order chi connectivity index (χ1) is 17.8. The van der Waals surface area contributed by atoms with E-state index in [9.17, 15) is 14.4 Å². The van der Waals surface area contributed by atoms with Crippen molar-refractivity contribution in [2.24, 2.45) is 0 Å². The fourth-order valence-electron chi connectivity index (χ4n) is 4.00. The molecule has 4 rings (SSSR count). The Hall–Kier alpha value is -4.37. The number of aromatic nitrogens is 3. The lowest BCUT2D eigenvalue weighted by Crippen LogP contribution is -2.45. The lowest BCUT2D eigenvalue weighted by atomic mass is 10.1. The number of hydrogen-bond donors (Lipinski definition) is 1. The first-order valence-corrected chi connectivity index (χ1v) is 12.0. The van der Waals surface area contributed by atoms with E-state index in [-0.39, 0.29) is 17.3 Å². The average Bonchev–Trinajstić information content (AvgIpc) is 3.25. The van der Waals surface area contributed by atoms with Gasteiger partial charge < -0.3 is 15.2 Å². The average molecular weight is 519 g/mol. The first kappa shape index (κ1) is 25.7. The number of likely N-dealkylation sites (N-methyl/N-ethyl adjacent to an activating group) is 1. The Balaban J connectivity index is 1.47. The lowest BCUT2D eigenvalue weighted by molar-refractivity contribution is -0.121. The van der Waals surface area contributed by atoms with E-state index < -0.39 is 6.04 Å². The van der Waals surface area contributed by atoms with Crippen molar-refractivity contribution in [3.8, 4) is 0 Å². The van der Waals surface area contributed by atoms with Gasteiger partial charge in [0.2, 0.25) is 12.3 Å². The number of benzene rings is 2. The molecule has 9 nitrogen and oxygen atoms in total. The van der Waals surface area contributed by atoms with Crippen LogP contribution in [0.15, 0.2) is 83.9 Å². The minimum atomic E-state index is -0.831. The molecule has 0 saturated carbocycles. The molecule has 0 bridgehead atoms. The molecule has 0 unspecified atom stereocenters. The molecular weight excluding hydrogens is 492 g/mol. The van der Waals surface area contributed by atoms with Crippen molar-refractivity contribution in [1.82, 2.24) is 14.3 Å². The fourth-order valence-corrected chi connectivity index (χ4v) is 4.18. The molecule has 37 heavy (non-hydrogen) atoms. The molecule has 0 aliphatic rings. The molecule has 0 radical (unpaired) electrons. The van der Waals surface area contributed by atoms with Gasteiger partial charge in [-0.25, -0.2) is 0 Å². The van der Waals surface area contributed by atoms with Crippen molar-refractivity contribution in [3.05, 3.63) is 106 Å². The van der Waals surface area contributed by atoms with Crippen LogP contribution >= 0.6 is 11.6 Å². The third-order valence-electron chi connectivity index (χ3n) is 6.08. The molecule has 0 aliphatic carbocycles. The van der Waals surface area contributed by atoms with Gasteiger partial charge in [-0.1, -0.05) is 48.0 Å². The van der Waals surface area contributed by atoms with Gasteiger partial charge in [-0.15, -0.1) is 0 Å². The highest BCUT2D eigenvalue weighted by atomic mass is 35.5. The summed E-state index contributed by atoms with van der Waals surface area (Å²) in [5.41, 5.74) is 8.98. The van der Waals surface area contributed by atoms with E-state index in [0.29, 0.717) is 35.9 Å². The zero-order valence-electron chi connectivity index (χ0n) is 20.5. The van der Waals surface area contributed by atoms with Gasteiger partial charge in [0, 0.05) is 30.0 Å². The largest absolute Gasteiger partial charge is 0.380 e. The van der Waals surface area contributed by atoms with E-state index >= 15 is 0 Å². The number of rotatable bonds is 9. The number of anilines is 3. The Kier molecular flexibility index (Phi) is 7.74. The number of carbonyl (C=O) groups excluding carboxylic acids is 2. The van der Waals surface area contributed by atoms with Gasteiger partial charge in [0.25, 0.3) is 5.56 Å². The van der Waals surface area contributed by atoms with Gasteiger partial charge in [-0.05, 0) is 42.3 Å². The summed E-state index contributed by atoms with van der Waals surface area (Å²) in [6.07, 6.45) is 3.97. The molecule has 0 fully saturated rings. The van der Waals surface area contributed by atoms with E-state index in [1.165, 1.54) is 15.9 Å². The maximum Gasteiger partial charge on any atom is 0.250 e. The summed E-state index contributed by atoms with van der Waals surface area (Å²) >= 11 is 6.05. The summed E-state index contributed by atoms with van der Waals surface area (Å²) in [7, 11) is 1.62. The summed E-state index contributed by atoms with van der Waals surface area (Å²) < 4.78 is 3.26. The second-order valence-electron chi connectivity index (χ2n) is 8.65. The van der Waals surface area contributed by atoms with Crippen LogP contribution in [0.2, 0.25) is 5.02 Å². The normalized spacial score (nSPS) is 11.6. The number of amides is 2. The molecule has 2 aromatic carbocycles. The second kappa shape index (κ2) is 11.1. The highest BCUT2D eigenvalue weighted by Gasteiger charge is 2.28. The maximum atomic E-state index is 13.1. The fraction of sp³-hybridized carbons (Fsp3) is 0.185. The molecule has 2 aromatic heterocycles. The summed E-state index contributed by atoms with van der Waals surface area (Å²) in [6.45, 7) is 2.52. The van der Waals surface area contributed by atoms with Crippen molar-refractivity contribution < 1.29 is 9.59 Å². The third-order valence-corrected chi connectivity index (χ3v) is 6.32. The number of halogens is 1. The number of nitrogen functional groups attached to an aromatic ring is 1. The molecule has 0 aliphatic heterocycles. The number of nitrogens with two attached hydrogens (primary N) is 1. The van der Waals surface area contributed by atoms with Crippen LogP contribution in [0.25, 0.3) is 0 Å². The quantitative estimate of drug-likeness (QED) is 0.342. The number of nitrogens with zero attached hydrogens (tertiary/aromatic N) is 5. The monoisotopic (exact) mass is 518 g/mol. The van der Waals surface area contributed by atoms with Gasteiger partial charge in [0.15, 0.2) is 5.82 Å². The van der Waals surface area contributed by atoms with E-state index in [0.717, 1.165) is 11.1 Å². The van der Waals surface area contributed by atoms with Crippen LogP contribution in [-0.4, -0.2) is 39.8 Å². The van der Waals surface area contributed by atoms with Crippen LogP contribution in [0.3, 0.4) is 0 Å². The molecule has 0 saturated heterocycles. The Morgan fingerprint density at radius 3 is 2.43 bits per heavy atom.